The van der Waals surface area contributed by atoms with Crippen molar-refractivity contribution in [1.29, 1.82) is 0 Å². The number of hydrogen-bond donors (Lipinski definition) is 0. The number of carbonyl (C=O) groups is 1. The molecule has 0 unspecified atom stereocenters. The molecule has 0 saturated heterocycles. The maximum atomic E-state index is 12.6. The Balaban J connectivity index is 1.64. The highest BCUT2D eigenvalue weighted by atomic mass is 35.5. The fourth-order valence-corrected chi connectivity index (χ4v) is 3.81. The molecule has 0 N–H and O–H groups in total. The zero-order valence-corrected chi connectivity index (χ0v) is 16.2. The Hall–Kier alpha value is -3.03. The third-order valence-electron chi connectivity index (χ3n) is 4.22. The molecule has 0 aliphatic rings. The lowest BCUT2D eigenvalue weighted by atomic mass is 10.2. The molecule has 2 aromatic heterocycles. The molecule has 0 aliphatic heterocycles. The van der Waals surface area contributed by atoms with Gasteiger partial charge in [0.15, 0.2) is 4.80 Å². The van der Waals surface area contributed by atoms with E-state index < -0.39 is 5.91 Å². The Morgan fingerprint density at radius 2 is 1.93 bits per heavy atom. The third-order valence-corrected chi connectivity index (χ3v) is 5.39. The molecule has 0 aliphatic carbocycles. The number of fused-ring (bicyclic) bond motifs is 1. The highest BCUT2D eigenvalue weighted by molar-refractivity contribution is 7.07. The number of rotatable bonds is 4. The van der Waals surface area contributed by atoms with Gasteiger partial charge >= 0.3 is 0 Å². The van der Waals surface area contributed by atoms with E-state index in [0.29, 0.717) is 27.4 Å². The molecule has 8 heteroatoms. The van der Waals surface area contributed by atoms with Gasteiger partial charge in [0.2, 0.25) is 0 Å². The van der Waals surface area contributed by atoms with Gasteiger partial charge in [0.1, 0.15) is 6.54 Å². The number of carbonyl (C=O) groups excluding carboxylic acids is 1. The van der Waals surface area contributed by atoms with Crippen molar-refractivity contribution < 1.29 is 4.79 Å². The molecule has 0 spiro atoms. The predicted molar refractivity (Wildman–Crippen MR) is 109 cm³/mol. The average Bonchev–Trinajstić information content (AvgIpc) is 3.12. The summed E-state index contributed by atoms with van der Waals surface area (Å²) in [6, 6.07) is 14.7. The average molecular weight is 411 g/mol. The summed E-state index contributed by atoms with van der Waals surface area (Å²) in [6.07, 6.45) is 3.08. The molecular formula is C20H15ClN4O2S. The summed E-state index contributed by atoms with van der Waals surface area (Å²) >= 11 is 7.58. The minimum atomic E-state index is -0.409. The van der Waals surface area contributed by atoms with Crippen LogP contribution >= 0.6 is 22.9 Å². The van der Waals surface area contributed by atoms with Crippen molar-refractivity contribution in [3.8, 4) is 0 Å². The summed E-state index contributed by atoms with van der Waals surface area (Å²) < 4.78 is 3.25. The van der Waals surface area contributed by atoms with Crippen molar-refractivity contribution in [3.05, 3.63) is 92.0 Å². The second kappa shape index (κ2) is 7.92. The van der Waals surface area contributed by atoms with E-state index >= 15 is 0 Å². The molecule has 4 aromatic rings. The maximum absolute atomic E-state index is 12.6. The largest absolute Gasteiger partial charge is 0.319 e. The first kappa shape index (κ1) is 18.3. The van der Waals surface area contributed by atoms with Gasteiger partial charge in [-0.2, -0.15) is 4.99 Å². The van der Waals surface area contributed by atoms with E-state index in [2.05, 4.69) is 9.98 Å². The van der Waals surface area contributed by atoms with Gasteiger partial charge in [0.25, 0.3) is 11.5 Å². The van der Waals surface area contributed by atoms with E-state index in [1.54, 1.807) is 18.2 Å². The number of aromatic nitrogens is 3. The molecule has 2 aromatic carbocycles. The fraction of sp³-hybridized carbons (Fsp3) is 0.100. The summed E-state index contributed by atoms with van der Waals surface area (Å²) in [5.41, 5.74) is 1.86. The van der Waals surface area contributed by atoms with Crippen molar-refractivity contribution >= 4 is 39.9 Å². The van der Waals surface area contributed by atoms with Crippen molar-refractivity contribution in [1.82, 2.24) is 14.1 Å². The van der Waals surface area contributed by atoms with Gasteiger partial charge in [-0.25, -0.2) is 4.98 Å². The summed E-state index contributed by atoms with van der Waals surface area (Å²) in [7, 11) is 0. The van der Waals surface area contributed by atoms with Crippen molar-refractivity contribution in [2.45, 2.75) is 13.1 Å². The van der Waals surface area contributed by atoms with Crippen LogP contribution in [0.3, 0.4) is 0 Å². The van der Waals surface area contributed by atoms with Crippen LogP contribution in [0.2, 0.25) is 5.02 Å². The van der Waals surface area contributed by atoms with Crippen LogP contribution < -0.4 is 10.4 Å². The van der Waals surface area contributed by atoms with Crippen LogP contribution in [0.1, 0.15) is 5.56 Å². The van der Waals surface area contributed by atoms with E-state index in [0.717, 1.165) is 5.56 Å². The summed E-state index contributed by atoms with van der Waals surface area (Å²) in [5.74, 6) is -0.409. The van der Waals surface area contributed by atoms with E-state index in [1.807, 2.05) is 46.5 Å². The lowest BCUT2D eigenvalue weighted by Crippen LogP contribution is -2.25. The van der Waals surface area contributed by atoms with Gasteiger partial charge in [-0.1, -0.05) is 41.9 Å². The second-order valence-electron chi connectivity index (χ2n) is 6.08. The first-order valence-corrected chi connectivity index (χ1v) is 9.77. The second-order valence-corrected chi connectivity index (χ2v) is 7.36. The molecule has 0 fully saturated rings. The lowest BCUT2D eigenvalue weighted by molar-refractivity contribution is -0.118. The normalized spacial score (nSPS) is 11.8. The molecule has 140 valence electrons. The van der Waals surface area contributed by atoms with Crippen LogP contribution in [-0.4, -0.2) is 20.0 Å². The molecule has 4 rings (SSSR count). The minimum absolute atomic E-state index is 0.147. The van der Waals surface area contributed by atoms with Gasteiger partial charge in [0.05, 0.1) is 23.8 Å². The van der Waals surface area contributed by atoms with E-state index in [1.165, 1.54) is 22.1 Å². The summed E-state index contributed by atoms with van der Waals surface area (Å²) in [5, 5.41) is 2.52. The smallest absolute Gasteiger partial charge is 0.269 e. The predicted octanol–water partition coefficient (Wildman–Crippen LogP) is 3.09. The zero-order chi connectivity index (χ0) is 19.5. The topological polar surface area (TPSA) is 69.2 Å². The van der Waals surface area contributed by atoms with Gasteiger partial charge in [-0.05, 0) is 23.8 Å². The van der Waals surface area contributed by atoms with Gasteiger partial charge in [0, 0.05) is 16.6 Å². The molecular weight excluding hydrogens is 396 g/mol. The monoisotopic (exact) mass is 410 g/mol. The number of thiazole rings is 1. The number of hydrogen-bond acceptors (Lipinski definition) is 4. The molecule has 0 atom stereocenters. The maximum Gasteiger partial charge on any atom is 0.269 e. The Morgan fingerprint density at radius 3 is 2.79 bits per heavy atom. The summed E-state index contributed by atoms with van der Waals surface area (Å²) in [6.45, 7) is 0.360. The fourth-order valence-electron chi connectivity index (χ4n) is 2.87. The lowest BCUT2D eigenvalue weighted by Gasteiger charge is -2.07. The number of benzene rings is 2. The standard InChI is InChI=1S/C20H15ClN4O2S/c21-15-6-2-1-5-14(15)12-24-9-10-28-20(24)23-18(26)13-25-17-8-4-3-7-16(17)22-11-19(25)27/h1-11H,12-13H2. The quantitative estimate of drug-likeness (QED) is 0.519. The van der Waals surface area contributed by atoms with Crippen LogP contribution in [0.5, 0.6) is 0 Å². The third kappa shape index (κ3) is 3.81. The number of nitrogens with zero attached hydrogens (tertiary/aromatic N) is 4. The Kier molecular flexibility index (Phi) is 5.18. The SMILES string of the molecule is O=C(Cn1c(=O)cnc2ccccc21)N=c1sccn1Cc1ccccc1Cl. The van der Waals surface area contributed by atoms with E-state index in [4.69, 9.17) is 11.6 Å². The van der Waals surface area contributed by atoms with Crippen LogP contribution in [-0.2, 0) is 17.9 Å². The number of halogens is 1. The van der Waals surface area contributed by atoms with Crippen LogP contribution in [0.4, 0.5) is 0 Å². The molecule has 6 nitrogen and oxygen atoms in total. The molecule has 28 heavy (non-hydrogen) atoms. The van der Waals surface area contributed by atoms with Gasteiger partial charge in [-0.15, -0.1) is 11.3 Å². The first-order chi connectivity index (χ1) is 13.6. The minimum Gasteiger partial charge on any atom is -0.319 e. The van der Waals surface area contributed by atoms with Crippen molar-refractivity contribution in [3.63, 3.8) is 0 Å². The molecule has 0 radical (unpaired) electrons. The molecule has 1 amide bonds. The van der Waals surface area contributed by atoms with Crippen molar-refractivity contribution in [2.24, 2.45) is 4.99 Å². The van der Waals surface area contributed by atoms with Crippen molar-refractivity contribution in [2.75, 3.05) is 0 Å². The highest BCUT2D eigenvalue weighted by Gasteiger charge is 2.09. The van der Waals surface area contributed by atoms with Crippen LogP contribution in [0.15, 0.2) is 76.1 Å². The highest BCUT2D eigenvalue weighted by Crippen LogP contribution is 2.15. The molecule has 0 bridgehead atoms. The Bertz CT molecular complexity index is 1290. The molecule has 2 heterocycles. The Morgan fingerprint density at radius 1 is 1.14 bits per heavy atom. The molecule has 0 saturated carbocycles. The Labute approximate surface area is 169 Å². The van der Waals surface area contributed by atoms with Crippen LogP contribution in [0, 0.1) is 0 Å². The van der Waals surface area contributed by atoms with E-state index in [-0.39, 0.29) is 12.1 Å². The van der Waals surface area contributed by atoms with Gasteiger partial charge < -0.3 is 4.57 Å². The summed E-state index contributed by atoms with van der Waals surface area (Å²) in [4.78, 5) is 33.6. The number of para-hydroxylation sites is 2. The van der Waals surface area contributed by atoms with E-state index in [9.17, 15) is 9.59 Å². The van der Waals surface area contributed by atoms with Gasteiger partial charge in [-0.3, -0.25) is 14.2 Å². The van der Waals surface area contributed by atoms with Crippen LogP contribution in [0.25, 0.3) is 11.0 Å². The zero-order valence-electron chi connectivity index (χ0n) is 14.7. The first-order valence-electron chi connectivity index (χ1n) is 8.51. The number of amides is 1.